The third-order valence-corrected chi connectivity index (χ3v) is 5.60. The Balaban J connectivity index is 0.000000188. The second-order valence-electron chi connectivity index (χ2n) is 8.40. The molecule has 0 aromatic heterocycles. The van der Waals surface area contributed by atoms with Crippen molar-refractivity contribution in [2.45, 2.75) is 57.8 Å². The van der Waals surface area contributed by atoms with Gasteiger partial charge in [-0.2, -0.15) is 0 Å². The molecule has 0 spiro atoms. The molecule has 150 valence electrons. The third kappa shape index (κ3) is 13.7. The lowest BCUT2D eigenvalue weighted by atomic mass is 10.2. The van der Waals surface area contributed by atoms with Crippen molar-refractivity contribution in [1.82, 2.24) is 19.6 Å². The van der Waals surface area contributed by atoms with Crippen molar-refractivity contribution < 1.29 is 0 Å². The molecule has 3 saturated heterocycles. The number of nitrogens with zero attached hydrogens (tertiary/aromatic N) is 4. The maximum Gasteiger partial charge on any atom is 0.0106 e. The molecule has 3 aliphatic heterocycles. The molecule has 0 N–H and O–H groups in total. The molecule has 0 aliphatic carbocycles. The Morgan fingerprint density at radius 3 is 0.840 bits per heavy atom. The molecule has 4 heteroatoms. The quantitative estimate of drug-likeness (QED) is 0.662. The van der Waals surface area contributed by atoms with E-state index in [2.05, 4.69) is 47.8 Å². The van der Waals surface area contributed by atoms with Crippen LogP contribution in [0.4, 0.5) is 0 Å². The molecule has 4 nitrogen and oxygen atoms in total. The predicted molar refractivity (Wildman–Crippen MR) is 112 cm³/mol. The SMILES string of the molecule is CN1CCCCCC1.CN1CCCCCC1.CN1CCCN(C)CC1. The van der Waals surface area contributed by atoms with E-state index in [0.29, 0.717) is 0 Å². The van der Waals surface area contributed by atoms with Gasteiger partial charge < -0.3 is 19.6 Å². The summed E-state index contributed by atoms with van der Waals surface area (Å²) in [5.74, 6) is 0. The van der Waals surface area contributed by atoms with E-state index in [-0.39, 0.29) is 0 Å². The highest BCUT2D eigenvalue weighted by molar-refractivity contribution is 4.63. The third-order valence-electron chi connectivity index (χ3n) is 5.60. The fourth-order valence-corrected chi connectivity index (χ4v) is 3.63. The Hall–Kier alpha value is -0.160. The van der Waals surface area contributed by atoms with Crippen LogP contribution in [0.2, 0.25) is 0 Å². The molecule has 0 amide bonds. The van der Waals surface area contributed by atoms with Crippen molar-refractivity contribution in [3.05, 3.63) is 0 Å². The standard InChI is InChI=1S/C7H16N2.2C7H15N/c1-8-4-3-5-9(2)7-6-8;2*1-8-6-4-2-3-5-7-8/h3-7H2,1-2H3;2*2-7H2,1H3. The van der Waals surface area contributed by atoms with Gasteiger partial charge in [-0.25, -0.2) is 0 Å². The van der Waals surface area contributed by atoms with E-state index < -0.39 is 0 Å². The lowest BCUT2D eigenvalue weighted by Gasteiger charge is -2.13. The van der Waals surface area contributed by atoms with E-state index in [9.17, 15) is 0 Å². The second-order valence-corrected chi connectivity index (χ2v) is 8.40. The zero-order chi connectivity index (χ0) is 18.3. The van der Waals surface area contributed by atoms with Gasteiger partial charge in [0.1, 0.15) is 0 Å². The summed E-state index contributed by atoms with van der Waals surface area (Å²) in [5.41, 5.74) is 0. The lowest BCUT2D eigenvalue weighted by Crippen LogP contribution is -2.25. The number of hydrogen-bond acceptors (Lipinski definition) is 4. The normalized spacial score (nSPS) is 25.4. The van der Waals surface area contributed by atoms with E-state index >= 15 is 0 Å². The summed E-state index contributed by atoms with van der Waals surface area (Å²) in [7, 11) is 8.81. The molecule has 0 atom stereocenters. The van der Waals surface area contributed by atoms with Crippen LogP contribution in [-0.2, 0) is 0 Å². The predicted octanol–water partition coefficient (Wildman–Crippen LogP) is 3.24. The van der Waals surface area contributed by atoms with Gasteiger partial charge in [0, 0.05) is 13.1 Å². The minimum atomic E-state index is 1.23. The molecule has 0 saturated carbocycles. The van der Waals surface area contributed by atoms with Crippen LogP contribution < -0.4 is 0 Å². The molecule has 25 heavy (non-hydrogen) atoms. The van der Waals surface area contributed by atoms with Crippen LogP contribution in [0.5, 0.6) is 0 Å². The summed E-state index contributed by atoms with van der Waals surface area (Å²) < 4.78 is 0. The second kappa shape index (κ2) is 15.0. The number of rotatable bonds is 0. The number of likely N-dealkylation sites (tertiary alicyclic amines) is 2. The Kier molecular flexibility index (Phi) is 13.7. The van der Waals surface area contributed by atoms with Crippen LogP contribution in [0.3, 0.4) is 0 Å². The molecule has 0 radical (unpaired) electrons. The summed E-state index contributed by atoms with van der Waals surface area (Å²) in [4.78, 5) is 9.63. The first-order chi connectivity index (χ1) is 12.1. The highest BCUT2D eigenvalue weighted by atomic mass is 15.2. The van der Waals surface area contributed by atoms with Crippen molar-refractivity contribution in [3.63, 3.8) is 0 Å². The molecule has 3 fully saturated rings. The molecular weight excluding hydrogens is 308 g/mol. The van der Waals surface area contributed by atoms with Gasteiger partial charge in [-0.3, -0.25) is 0 Å². The van der Waals surface area contributed by atoms with Gasteiger partial charge in [0.2, 0.25) is 0 Å². The van der Waals surface area contributed by atoms with Gasteiger partial charge in [0.05, 0.1) is 0 Å². The van der Waals surface area contributed by atoms with Gasteiger partial charge in [0.15, 0.2) is 0 Å². The smallest absolute Gasteiger partial charge is 0.0106 e. The van der Waals surface area contributed by atoms with Gasteiger partial charge in [-0.1, -0.05) is 25.7 Å². The Bertz CT molecular complexity index is 254. The topological polar surface area (TPSA) is 13.0 Å². The Labute approximate surface area is 158 Å². The first-order valence-electron chi connectivity index (χ1n) is 10.8. The largest absolute Gasteiger partial charge is 0.306 e. The van der Waals surface area contributed by atoms with Crippen LogP contribution >= 0.6 is 0 Å². The van der Waals surface area contributed by atoms with Gasteiger partial charge in [-0.15, -0.1) is 0 Å². The minimum absolute atomic E-state index is 1.23. The van der Waals surface area contributed by atoms with Crippen molar-refractivity contribution in [2.24, 2.45) is 0 Å². The van der Waals surface area contributed by atoms with Crippen LogP contribution in [-0.4, -0.2) is 100 Å². The van der Waals surface area contributed by atoms with E-state index in [0.717, 1.165) is 0 Å². The zero-order valence-electron chi connectivity index (χ0n) is 17.8. The number of hydrogen-bond donors (Lipinski definition) is 0. The highest BCUT2D eigenvalue weighted by Gasteiger charge is 2.06. The minimum Gasteiger partial charge on any atom is -0.306 e. The molecule has 3 rings (SSSR count). The lowest BCUT2D eigenvalue weighted by molar-refractivity contribution is 0.320. The highest BCUT2D eigenvalue weighted by Crippen LogP contribution is 2.07. The average Bonchev–Trinajstić information content (AvgIpc) is 3.05. The van der Waals surface area contributed by atoms with Crippen LogP contribution in [0.25, 0.3) is 0 Å². The first kappa shape index (κ1) is 22.9. The van der Waals surface area contributed by atoms with Crippen molar-refractivity contribution in [2.75, 3.05) is 80.5 Å². The maximum atomic E-state index is 2.42. The van der Waals surface area contributed by atoms with Crippen molar-refractivity contribution in [1.29, 1.82) is 0 Å². The number of likely N-dealkylation sites (N-methyl/N-ethyl adjacent to an activating group) is 2. The van der Waals surface area contributed by atoms with Crippen LogP contribution in [0.1, 0.15) is 57.8 Å². The summed E-state index contributed by atoms with van der Waals surface area (Å²) in [6.45, 7) is 10.3. The molecule has 0 aromatic rings. The summed E-state index contributed by atoms with van der Waals surface area (Å²) >= 11 is 0. The van der Waals surface area contributed by atoms with E-state index in [1.165, 1.54) is 110 Å². The fourth-order valence-electron chi connectivity index (χ4n) is 3.63. The van der Waals surface area contributed by atoms with Gasteiger partial charge >= 0.3 is 0 Å². The van der Waals surface area contributed by atoms with Gasteiger partial charge in [0.25, 0.3) is 0 Å². The molecule has 0 aromatic carbocycles. The van der Waals surface area contributed by atoms with E-state index in [4.69, 9.17) is 0 Å². The Morgan fingerprint density at radius 1 is 0.280 bits per heavy atom. The van der Waals surface area contributed by atoms with Crippen LogP contribution in [0.15, 0.2) is 0 Å². The zero-order valence-corrected chi connectivity index (χ0v) is 17.8. The molecule has 0 unspecified atom stereocenters. The molecule has 0 bridgehead atoms. The fraction of sp³-hybridized carbons (Fsp3) is 1.00. The van der Waals surface area contributed by atoms with Crippen molar-refractivity contribution >= 4 is 0 Å². The maximum absolute atomic E-state index is 2.42. The average molecular weight is 355 g/mol. The molecule has 3 aliphatic rings. The monoisotopic (exact) mass is 354 g/mol. The summed E-state index contributed by atoms with van der Waals surface area (Å²) in [6.07, 6.45) is 12.8. The first-order valence-corrected chi connectivity index (χ1v) is 10.8. The molecular formula is C21H46N4. The van der Waals surface area contributed by atoms with Gasteiger partial charge in [-0.05, 0) is 99.6 Å². The van der Waals surface area contributed by atoms with Crippen molar-refractivity contribution in [3.8, 4) is 0 Å². The van der Waals surface area contributed by atoms with E-state index in [1.54, 1.807) is 0 Å². The van der Waals surface area contributed by atoms with E-state index in [1.807, 2.05) is 0 Å². The summed E-state index contributed by atoms with van der Waals surface area (Å²) in [6, 6.07) is 0. The molecule has 3 heterocycles. The Morgan fingerprint density at radius 2 is 0.520 bits per heavy atom. The summed E-state index contributed by atoms with van der Waals surface area (Å²) in [5, 5.41) is 0. The van der Waals surface area contributed by atoms with Crippen LogP contribution in [0, 0.1) is 0 Å².